The van der Waals surface area contributed by atoms with Crippen LogP contribution in [-0.4, -0.2) is 70.3 Å². The molecule has 1 atom stereocenters. The molecule has 2 aliphatic rings. The number of carbonyl (C=O) groups excluding carboxylic acids is 2. The molecule has 0 bridgehead atoms. The van der Waals surface area contributed by atoms with Crippen LogP contribution in [0.4, 0.5) is 0 Å². The second-order valence-corrected chi connectivity index (χ2v) is 6.19. The summed E-state index contributed by atoms with van der Waals surface area (Å²) < 4.78 is 7.66. The molecule has 1 aromatic rings. The van der Waals surface area contributed by atoms with E-state index in [1.807, 2.05) is 21.8 Å². The third-order valence-corrected chi connectivity index (χ3v) is 4.40. The third kappa shape index (κ3) is 4.31. The molecule has 0 aromatic carbocycles. The van der Waals surface area contributed by atoms with Crippen LogP contribution in [0.25, 0.3) is 0 Å². The second kappa shape index (κ2) is 7.59. The van der Waals surface area contributed by atoms with Gasteiger partial charge in [-0.3, -0.25) is 14.3 Å². The molecule has 0 N–H and O–H groups in total. The molecule has 23 heavy (non-hydrogen) atoms. The van der Waals surface area contributed by atoms with Crippen LogP contribution < -0.4 is 0 Å². The van der Waals surface area contributed by atoms with Gasteiger partial charge in [0.05, 0.1) is 19.2 Å². The van der Waals surface area contributed by atoms with Crippen LogP contribution in [0.1, 0.15) is 25.7 Å². The van der Waals surface area contributed by atoms with Crippen molar-refractivity contribution >= 4 is 11.8 Å². The van der Waals surface area contributed by atoms with Crippen LogP contribution in [0.5, 0.6) is 0 Å². The summed E-state index contributed by atoms with van der Waals surface area (Å²) in [6, 6.07) is 1.88. The summed E-state index contributed by atoms with van der Waals surface area (Å²) in [5.74, 6) is 0.125. The number of nitrogens with zero attached hydrogens (tertiary/aromatic N) is 4. The molecule has 0 aliphatic carbocycles. The molecule has 3 rings (SSSR count). The van der Waals surface area contributed by atoms with E-state index in [0.717, 1.165) is 19.3 Å². The molecule has 7 nitrogen and oxygen atoms in total. The zero-order valence-electron chi connectivity index (χ0n) is 13.4. The Kier molecular flexibility index (Phi) is 5.27. The monoisotopic (exact) mass is 320 g/mol. The van der Waals surface area contributed by atoms with Crippen LogP contribution in [0, 0.1) is 0 Å². The largest absolute Gasteiger partial charge is 0.374 e. The van der Waals surface area contributed by atoms with Gasteiger partial charge in [-0.15, -0.1) is 0 Å². The first-order valence-corrected chi connectivity index (χ1v) is 8.37. The molecule has 2 aliphatic heterocycles. The first kappa shape index (κ1) is 16.0. The first-order valence-electron chi connectivity index (χ1n) is 8.37. The molecule has 0 radical (unpaired) electrons. The Morgan fingerprint density at radius 3 is 3.00 bits per heavy atom. The van der Waals surface area contributed by atoms with Crippen LogP contribution in [0.3, 0.4) is 0 Å². The summed E-state index contributed by atoms with van der Waals surface area (Å²) in [6.07, 6.45) is 6.90. The fourth-order valence-electron chi connectivity index (χ4n) is 3.14. The number of ether oxygens (including phenoxy) is 1. The topological polar surface area (TPSA) is 67.7 Å². The summed E-state index contributed by atoms with van der Waals surface area (Å²) in [6.45, 7) is 3.44. The highest BCUT2D eigenvalue weighted by molar-refractivity contribution is 5.85. The van der Waals surface area contributed by atoms with Gasteiger partial charge in [0.25, 0.3) is 0 Å². The minimum atomic E-state index is -0.0570. The van der Waals surface area contributed by atoms with Crippen molar-refractivity contribution < 1.29 is 14.3 Å². The maximum Gasteiger partial charge on any atom is 0.242 e. The molecular weight excluding hydrogens is 296 g/mol. The summed E-state index contributed by atoms with van der Waals surface area (Å²) in [5.41, 5.74) is 0. The first-order chi connectivity index (χ1) is 11.2. The smallest absolute Gasteiger partial charge is 0.242 e. The molecule has 2 saturated heterocycles. The second-order valence-electron chi connectivity index (χ2n) is 6.19. The number of hydrogen-bond acceptors (Lipinski definition) is 4. The third-order valence-electron chi connectivity index (χ3n) is 4.40. The van der Waals surface area contributed by atoms with E-state index < -0.39 is 0 Å². The van der Waals surface area contributed by atoms with E-state index in [9.17, 15) is 9.59 Å². The highest BCUT2D eigenvalue weighted by Crippen LogP contribution is 2.13. The van der Waals surface area contributed by atoms with Gasteiger partial charge in [0.2, 0.25) is 11.8 Å². The van der Waals surface area contributed by atoms with E-state index in [1.165, 1.54) is 0 Å². The highest BCUT2D eigenvalue weighted by atomic mass is 16.5. The standard InChI is InChI=1S/C16H24N4O3/c21-15-5-1-2-7-19(15)13-16(22)18-8-4-10-23-14(11-18)12-20-9-3-6-17-20/h3,6,9,14H,1-2,4-5,7-8,10-13H2. The fourth-order valence-corrected chi connectivity index (χ4v) is 3.14. The molecule has 1 aromatic heterocycles. The maximum absolute atomic E-state index is 12.6. The van der Waals surface area contributed by atoms with Crippen LogP contribution in [0.15, 0.2) is 18.5 Å². The van der Waals surface area contributed by atoms with Crippen LogP contribution >= 0.6 is 0 Å². The lowest BCUT2D eigenvalue weighted by Crippen LogP contribution is -2.46. The molecule has 1 unspecified atom stereocenters. The Labute approximate surface area is 136 Å². The SMILES string of the molecule is O=C1CCCCN1CC(=O)N1CCCOC(Cn2cccn2)C1. The van der Waals surface area contributed by atoms with Gasteiger partial charge in [-0.05, 0) is 25.3 Å². The minimum Gasteiger partial charge on any atom is -0.374 e. The van der Waals surface area contributed by atoms with Gasteiger partial charge >= 0.3 is 0 Å². The highest BCUT2D eigenvalue weighted by Gasteiger charge is 2.26. The van der Waals surface area contributed by atoms with Crippen LogP contribution in [0.2, 0.25) is 0 Å². The molecular formula is C16H24N4O3. The summed E-state index contributed by atoms with van der Waals surface area (Å²) in [4.78, 5) is 28.0. The van der Waals surface area contributed by atoms with E-state index in [-0.39, 0.29) is 24.5 Å². The zero-order valence-corrected chi connectivity index (χ0v) is 13.4. The average molecular weight is 320 g/mol. The Bertz CT molecular complexity index is 531. The van der Waals surface area contributed by atoms with Crippen LogP contribution in [-0.2, 0) is 20.9 Å². The molecule has 2 fully saturated rings. The molecule has 3 heterocycles. The van der Waals surface area contributed by atoms with Gasteiger partial charge in [-0.1, -0.05) is 0 Å². The van der Waals surface area contributed by atoms with Crippen molar-refractivity contribution in [3.63, 3.8) is 0 Å². The quantitative estimate of drug-likeness (QED) is 0.811. The molecule has 0 saturated carbocycles. The number of piperidine rings is 1. The summed E-state index contributed by atoms with van der Waals surface area (Å²) in [5, 5.41) is 4.19. The van der Waals surface area contributed by atoms with E-state index in [4.69, 9.17) is 4.74 Å². The Hall–Kier alpha value is -1.89. The Balaban J connectivity index is 1.56. The van der Waals surface area contributed by atoms with Gasteiger partial charge < -0.3 is 14.5 Å². The van der Waals surface area contributed by atoms with E-state index in [2.05, 4.69) is 5.10 Å². The number of likely N-dealkylation sites (tertiary alicyclic amines) is 1. The van der Waals surface area contributed by atoms with Crippen molar-refractivity contribution in [3.05, 3.63) is 18.5 Å². The molecule has 0 spiro atoms. The summed E-state index contributed by atoms with van der Waals surface area (Å²) >= 11 is 0. The lowest BCUT2D eigenvalue weighted by molar-refractivity contribution is -0.142. The number of amides is 2. The normalized spacial score (nSPS) is 23.0. The van der Waals surface area contributed by atoms with Crippen molar-refractivity contribution in [2.75, 3.05) is 32.8 Å². The Morgan fingerprint density at radius 2 is 2.22 bits per heavy atom. The van der Waals surface area contributed by atoms with Gasteiger partial charge in [0.1, 0.15) is 0 Å². The molecule has 2 amide bonds. The van der Waals surface area contributed by atoms with Gasteiger partial charge in [-0.2, -0.15) is 5.10 Å². The number of rotatable bonds is 4. The predicted octanol–water partition coefficient (Wildman–Crippen LogP) is 0.513. The fraction of sp³-hybridized carbons (Fsp3) is 0.688. The lowest BCUT2D eigenvalue weighted by Gasteiger charge is -2.30. The van der Waals surface area contributed by atoms with E-state index >= 15 is 0 Å². The van der Waals surface area contributed by atoms with Crippen molar-refractivity contribution in [2.45, 2.75) is 38.3 Å². The van der Waals surface area contributed by atoms with Gasteiger partial charge in [0, 0.05) is 45.1 Å². The van der Waals surface area contributed by atoms with Crippen molar-refractivity contribution in [3.8, 4) is 0 Å². The lowest BCUT2D eigenvalue weighted by atomic mass is 10.1. The minimum absolute atomic E-state index is 0.0243. The zero-order chi connectivity index (χ0) is 16.1. The van der Waals surface area contributed by atoms with Gasteiger partial charge in [0.15, 0.2) is 0 Å². The Morgan fingerprint density at radius 1 is 1.30 bits per heavy atom. The number of hydrogen-bond donors (Lipinski definition) is 0. The summed E-state index contributed by atoms with van der Waals surface area (Å²) in [7, 11) is 0. The van der Waals surface area contributed by atoms with Gasteiger partial charge in [-0.25, -0.2) is 0 Å². The van der Waals surface area contributed by atoms with E-state index in [0.29, 0.717) is 39.2 Å². The molecule has 7 heteroatoms. The van der Waals surface area contributed by atoms with Crippen molar-refractivity contribution in [2.24, 2.45) is 0 Å². The van der Waals surface area contributed by atoms with Crippen molar-refractivity contribution in [1.29, 1.82) is 0 Å². The van der Waals surface area contributed by atoms with Crippen molar-refractivity contribution in [1.82, 2.24) is 19.6 Å². The predicted molar refractivity (Wildman–Crippen MR) is 83.6 cm³/mol. The number of carbonyl (C=O) groups is 2. The maximum atomic E-state index is 12.6. The number of aromatic nitrogens is 2. The average Bonchev–Trinajstić information content (AvgIpc) is 2.93. The van der Waals surface area contributed by atoms with E-state index in [1.54, 1.807) is 11.1 Å². The molecule has 126 valence electrons.